The van der Waals surface area contributed by atoms with E-state index in [0.717, 1.165) is 19.5 Å². The molecule has 2 amide bonds. The standard InChI is InChI=1S/C9H15N3OS/c10-9(13)12-5-4-11-3-1-8-2-6-14-7-8/h2,6-7,11H,1,3-5H2,(H3,10,12,13). The fourth-order valence-corrected chi connectivity index (χ4v) is 1.77. The number of carbonyl (C=O) groups excluding carboxylic acids is 1. The molecule has 0 bridgehead atoms. The molecule has 0 saturated heterocycles. The fraction of sp³-hybridized carbons (Fsp3) is 0.444. The van der Waals surface area contributed by atoms with Gasteiger partial charge in [-0.05, 0) is 35.4 Å². The van der Waals surface area contributed by atoms with Crippen molar-refractivity contribution in [2.75, 3.05) is 19.6 Å². The van der Waals surface area contributed by atoms with Crippen LogP contribution in [-0.4, -0.2) is 25.7 Å². The highest BCUT2D eigenvalue weighted by molar-refractivity contribution is 7.07. The van der Waals surface area contributed by atoms with Crippen LogP contribution >= 0.6 is 11.3 Å². The minimum absolute atomic E-state index is 0.468. The van der Waals surface area contributed by atoms with E-state index in [2.05, 4.69) is 27.5 Å². The van der Waals surface area contributed by atoms with Crippen molar-refractivity contribution in [2.24, 2.45) is 5.73 Å². The van der Waals surface area contributed by atoms with Gasteiger partial charge in [0, 0.05) is 13.1 Å². The summed E-state index contributed by atoms with van der Waals surface area (Å²) in [4.78, 5) is 10.3. The highest BCUT2D eigenvalue weighted by Crippen LogP contribution is 2.05. The van der Waals surface area contributed by atoms with Crippen molar-refractivity contribution in [3.63, 3.8) is 0 Å². The molecular weight excluding hydrogens is 198 g/mol. The Kier molecular flexibility index (Phi) is 5.03. The molecule has 0 spiro atoms. The van der Waals surface area contributed by atoms with E-state index in [4.69, 9.17) is 5.73 Å². The zero-order chi connectivity index (χ0) is 10.2. The third-order valence-electron chi connectivity index (χ3n) is 1.77. The Morgan fingerprint density at radius 3 is 2.93 bits per heavy atom. The Labute approximate surface area is 87.5 Å². The molecule has 0 saturated carbocycles. The predicted octanol–water partition coefficient (Wildman–Crippen LogP) is 0.548. The molecule has 0 aliphatic carbocycles. The summed E-state index contributed by atoms with van der Waals surface area (Å²) in [7, 11) is 0. The van der Waals surface area contributed by atoms with E-state index in [0.29, 0.717) is 6.54 Å². The fourth-order valence-electron chi connectivity index (χ4n) is 1.07. The summed E-state index contributed by atoms with van der Waals surface area (Å²) >= 11 is 1.71. The molecular formula is C9H15N3OS. The first-order chi connectivity index (χ1) is 6.79. The summed E-state index contributed by atoms with van der Waals surface area (Å²) in [6.07, 6.45) is 1.03. The molecule has 0 aliphatic rings. The van der Waals surface area contributed by atoms with Crippen LogP contribution in [0.4, 0.5) is 4.79 Å². The van der Waals surface area contributed by atoms with Crippen molar-refractivity contribution in [3.05, 3.63) is 22.4 Å². The summed E-state index contributed by atoms with van der Waals surface area (Å²) in [5.74, 6) is 0. The maximum Gasteiger partial charge on any atom is 0.312 e. The van der Waals surface area contributed by atoms with Gasteiger partial charge in [-0.2, -0.15) is 11.3 Å². The molecule has 0 radical (unpaired) electrons. The van der Waals surface area contributed by atoms with Crippen LogP contribution in [0.3, 0.4) is 0 Å². The Bertz CT molecular complexity index is 261. The molecule has 1 heterocycles. The third-order valence-corrected chi connectivity index (χ3v) is 2.50. The number of nitrogens with two attached hydrogens (primary N) is 1. The number of hydrogen-bond donors (Lipinski definition) is 3. The lowest BCUT2D eigenvalue weighted by molar-refractivity contribution is 0.249. The molecule has 1 aromatic rings. The van der Waals surface area contributed by atoms with Crippen molar-refractivity contribution < 1.29 is 4.79 Å². The normalized spacial score (nSPS) is 10.0. The van der Waals surface area contributed by atoms with Gasteiger partial charge in [0.05, 0.1) is 0 Å². The second kappa shape index (κ2) is 6.39. The Balaban J connectivity index is 1.92. The number of primary amides is 1. The van der Waals surface area contributed by atoms with Gasteiger partial charge < -0.3 is 16.4 Å². The van der Waals surface area contributed by atoms with Crippen molar-refractivity contribution >= 4 is 17.4 Å². The maximum atomic E-state index is 10.3. The second-order valence-electron chi connectivity index (χ2n) is 2.92. The number of thiophene rings is 1. The summed E-state index contributed by atoms with van der Waals surface area (Å²) in [6, 6.07) is 1.65. The average Bonchev–Trinajstić information content (AvgIpc) is 2.63. The SMILES string of the molecule is NC(=O)NCCNCCc1ccsc1. The first-order valence-electron chi connectivity index (χ1n) is 4.54. The van der Waals surface area contributed by atoms with Gasteiger partial charge in [-0.3, -0.25) is 0 Å². The first kappa shape index (κ1) is 11.0. The Morgan fingerprint density at radius 2 is 2.29 bits per heavy atom. The molecule has 78 valence electrons. The van der Waals surface area contributed by atoms with Crippen LogP contribution in [-0.2, 0) is 6.42 Å². The Morgan fingerprint density at radius 1 is 1.43 bits per heavy atom. The van der Waals surface area contributed by atoms with Gasteiger partial charge >= 0.3 is 6.03 Å². The van der Waals surface area contributed by atoms with E-state index >= 15 is 0 Å². The Hall–Kier alpha value is -1.07. The molecule has 0 fully saturated rings. The highest BCUT2D eigenvalue weighted by Gasteiger charge is 1.93. The van der Waals surface area contributed by atoms with E-state index in [1.807, 2.05) is 0 Å². The number of carbonyl (C=O) groups is 1. The van der Waals surface area contributed by atoms with Gasteiger partial charge in [-0.15, -0.1) is 0 Å². The molecule has 0 aliphatic heterocycles. The van der Waals surface area contributed by atoms with Gasteiger partial charge in [-0.25, -0.2) is 4.79 Å². The number of urea groups is 1. The van der Waals surface area contributed by atoms with Crippen LogP contribution in [0.25, 0.3) is 0 Å². The minimum atomic E-state index is -0.468. The highest BCUT2D eigenvalue weighted by atomic mass is 32.1. The van der Waals surface area contributed by atoms with Crippen LogP contribution in [0.2, 0.25) is 0 Å². The van der Waals surface area contributed by atoms with Crippen molar-refractivity contribution in [2.45, 2.75) is 6.42 Å². The number of nitrogens with one attached hydrogen (secondary N) is 2. The quantitative estimate of drug-likeness (QED) is 0.604. The van der Waals surface area contributed by atoms with Crippen LogP contribution in [0.1, 0.15) is 5.56 Å². The molecule has 5 heteroatoms. The summed E-state index contributed by atoms with van der Waals surface area (Å²) in [5, 5.41) is 9.95. The molecule has 0 aromatic carbocycles. The van der Waals surface area contributed by atoms with Crippen molar-refractivity contribution in [3.8, 4) is 0 Å². The van der Waals surface area contributed by atoms with E-state index in [1.54, 1.807) is 11.3 Å². The third kappa shape index (κ3) is 4.84. The molecule has 0 unspecified atom stereocenters. The van der Waals surface area contributed by atoms with E-state index in [1.165, 1.54) is 5.56 Å². The zero-order valence-corrected chi connectivity index (χ0v) is 8.77. The summed E-state index contributed by atoms with van der Waals surface area (Å²) in [6.45, 7) is 2.27. The lowest BCUT2D eigenvalue weighted by Gasteiger charge is -2.03. The first-order valence-corrected chi connectivity index (χ1v) is 5.48. The van der Waals surface area contributed by atoms with Gasteiger partial charge in [-0.1, -0.05) is 0 Å². The van der Waals surface area contributed by atoms with Crippen LogP contribution in [0, 0.1) is 0 Å². The molecule has 4 N–H and O–H groups in total. The zero-order valence-electron chi connectivity index (χ0n) is 7.95. The number of hydrogen-bond acceptors (Lipinski definition) is 3. The van der Waals surface area contributed by atoms with E-state index in [9.17, 15) is 4.79 Å². The topological polar surface area (TPSA) is 67.2 Å². The van der Waals surface area contributed by atoms with Gasteiger partial charge in [0.2, 0.25) is 0 Å². The molecule has 4 nitrogen and oxygen atoms in total. The summed E-state index contributed by atoms with van der Waals surface area (Å²) in [5.41, 5.74) is 6.26. The smallest absolute Gasteiger partial charge is 0.312 e. The number of amides is 2. The summed E-state index contributed by atoms with van der Waals surface area (Å²) < 4.78 is 0. The molecule has 14 heavy (non-hydrogen) atoms. The average molecular weight is 213 g/mol. The van der Waals surface area contributed by atoms with Crippen LogP contribution in [0.5, 0.6) is 0 Å². The predicted molar refractivity (Wildman–Crippen MR) is 58.5 cm³/mol. The molecule has 1 aromatic heterocycles. The lowest BCUT2D eigenvalue weighted by Crippen LogP contribution is -2.35. The van der Waals surface area contributed by atoms with Crippen LogP contribution < -0.4 is 16.4 Å². The minimum Gasteiger partial charge on any atom is -0.352 e. The van der Waals surface area contributed by atoms with Crippen LogP contribution in [0.15, 0.2) is 16.8 Å². The van der Waals surface area contributed by atoms with E-state index in [-0.39, 0.29) is 0 Å². The monoisotopic (exact) mass is 213 g/mol. The number of rotatable bonds is 6. The van der Waals surface area contributed by atoms with Gasteiger partial charge in [0.1, 0.15) is 0 Å². The molecule has 0 atom stereocenters. The van der Waals surface area contributed by atoms with Gasteiger partial charge in [0.25, 0.3) is 0 Å². The van der Waals surface area contributed by atoms with E-state index < -0.39 is 6.03 Å². The lowest BCUT2D eigenvalue weighted by atomic mass is 10.2. The largest absolute Gasteiger partial charge is 0.352 e. The second-order valence-corrected chi connectivity index (χ2v) is 3.70. The van der Waals surface area contributed by atoms with Gasteiger partial charge in [0.15, 0.2) is 0 Å². The van der Waals surface area contributed by atoms with Crippen molar-refractivity contribution in [1.29, 1.82) is 0 Å². The van der Waals surface area contributed by atoms with Crippen molar-refractivity contribution in [1.82, 2.24) is 10.6 Å². The maximum absolute atomic E-state index is 10.3. The molecule has 1 rings (SSSR count).